The van der Waals surface area contributed by atoms with Crippen LogP contribution in [0, 0.1) is 0 Å². The molecule has 1 atom stereocenters. The first-order valence-corrected chi connectivity index (χ1v) is 6.10. The van der Waals surface area contributed by atoms with Crippen molar-refractivity contribution in [2.24, 2.45) is 0 Å². The van der Waals surface area contributed by atoms with E-state index in [-0.39, 0.29) is 12.2 Å². The number of carbonyl (C=O) groups excluding carboxylic acids is 1. The maximum absolute atomic E-state index is 11.4. The Bertz CT molecular complexity index is 209. The van der Waals surface area contributed by atoms with Crippen molar-refractivity contribution in [1.82, 2.24) is 0 Å². The molecule has 1 aliphatic carbocycles. The largest absolute Gasteiger partial charge is 0.510 e. The first kappa shape index (κ1) is 13.3. The van der Waals surface area contributed by atoms with Gasteiger partial charge < -0.3 is 14.2 Å². The Balaban J connectivity index is 2.18. The van der Waals surface area contributed by atoms with Gasteiger partial charge in [0.1, 0.15) is 6.10 Å². The van der Waals surface area contributed by atoms with E-state index in [1.54, 1.807) is 6.92 Å². The summed E-state index contributed by atoms with van der Waals surface area (Å²) in [5, 5.41) is 0. The zero-order chi connectivity index (χ0) is 12.0. The summed E-state index contributed by atoms with van der Waals surface area (Å²) in [5.74, 6) is 0. The lowest BCUT2D eigenvalue weighted by molar-refractivity contribution is -0.137. The summed E-state index contributed by atoms with van der Waals surface area (Å²) in [4.78, 5) is 11.4. The Morgan fingerprint density at radius 2 is 1.75 bits per heavy atom. The number of ether oxygens (including phenoxy) is 3. The minimum absolute atomic E-state index is 0.0347. The molecule has 0 spiro atoms. The van der Waals surface area contributed by atoms with Gasteiger partial charge in [0.15, 0.2) is 0 Å². The van der Waals surface area contributed by atoms with E-state index in [0.29, 0.717) is 0 Å². The van der Waals surface area contributed by atoms with Crippen LogP contribution in [0.4, 0.5) is 4.79 Å². The van der Waals surface area contributed by atoms with Gasteiger partial charge in [0.25, 0.3) is 0 Å². The van der Waals surface area contributed by atoms with E-state index in [9.17, 15) is 4.79 Å². The third kappa shape index (κ3) is 5.35. The molecule has 94 valence electrons. The third-order valence-electron chi connectivity index (χ3n) is 2.54. The van der Waals surface area contributed by atoms with E-state index in [4.69, 9.17) is 14.2 Å². The van der Waals surface area contributed by atoms with Crippen LogP contribution in [-0.2, 0) is 14.2 Å². The molecule has 4 heteroatoms. The van der Waals surface area contributed by atoms with Crippen LogP contribution in [0.1, 0.15) is 52.9 Å². The van der Waals surface area contributed by atoms with E-state index in [2.05, 4.69) is 0 Å². The molecular formula is C12H22O4. The van der Waals surface area contributed by atoms with E-state index in [1.807, 2.05) is 13.8 Å². The molecule has 0 heterocycles. The SMILES string of the molecule is CC(C)OC(C)OC(=O)OC1CCCCC1. The van der Waals surface area contributed by atoms with Gasteiger partial charge in [0, 0.05) is 0 Å². The van der Waals surface area contributed by atoms with Crippen LogP contribution in [0.5, 0.6) is 0 Å². The summed E-state index contributed by atoms with van der Waals surface area (Å²) in [7, 11) is 0. The second-order valence-corrected chi connectivity index (χ2v) is 4.50. The van der Waals surface area contributed by atoms with Crippen molar-refractivity contribution in [3.63, 3.8) is 0 Å². The van der Waals surface area contributed by atoms with Crippen LogP contribution in [0.15, 0.2) is 0 Å². The molecule has 1 unspecified atom stereocenters. The molecule has 0 aromatic rings. The highest BCUT2D eigenvalue weighted by Gasteiger charge is 2.20. The van der Waals surface area contributed by atoms with E-state index >= 15 is 0 Å². The van der Waals surface area contributed by atoms with Crippen LogP contribution in [0.3, 0.4) is 0 Å². The van der Waals surface area contributed by atoms with Gasteiger partial charge in [-0.2, -0.15) is 0 Å². The maximum Gasteiger partial charge on any atom is 0.510 e. The Hall–Kier alpha value is -0.770. The van der Waals surface area contributed by atoms with Gasteiger partial charge >= 0.3 is 6.16 Å². The number of hydrogen-bond donors (Lipinski definition) is 0. The molecule has 16 heavy (non-hydrogen) atoms. The third-order valence-corrected chi connectivity index (χ3v) is 2.54. The van der Waals surface area contributed by atoms with E-state index in [1.165, 1.54) is 6.42 Å². The van der Waals surface area contributed by atoms with Crippen molar-refractivity contribution in [1.29, 1.82) is 0 Å². The Kier molecular flexibility index (Phi) is 5.60. The normalized spacial score (nSPS) is 19.5. The zero-order valence-corrected chi connectivity index (χ0v) is 10.4. The van der Waals surface area contributed by atoms with Crippen molar-refractivity contribution in [2.75, 3.05) is 0 Å². The summed E-state index contributed by atoms with van der Waals surface area (Å²) in [6.45, 7) is 5.49. The van der Waals surface area contributed by atoms with Crippen LogP contribution in [0.25, 0.3) is 0 Å². The van der Waals surface area contributed by atoms with Gasteiger partial charge in [0.05, 0.1) is 6.10 Å². The fraction of sp³-hybridized carbons (Fsp3) is 0.917. The fourth-order valence-electron chi connectivity index (χ4n) is 1.89. The first-order valence-electron chi connectivity index (χ1n) is 6.10. The first-order chi connectivity index (χ1) is 7.58. The topological polar surface area (TPSA) is 44.8 Å². The average Bonchev–Trinajstić information content (AvgIpc) is 2.17. The monoisotopic (exact) mass is 230 g/mol. The van der Waals surface area contributed by atoms with Gasteiger partial charge in [-0.3, -0.25) is 0 Å². The molecule has 0 N–H and O–H groups in total. The summed E-state index contributed by atoms with van der Waals surface area (Å²) >= 11 is 0. The molecule has 1 aliphatic rings. The lowest BCUT2D eigenvalue weighted by atomic mass is 9.98. The van der Waals surface area contributed by atoms with Crippen molar-refractivity contribution < 1.29 is 19.0 Å². The molecule has 1 rings (SSSR count). The molecule has 0 amide bonds. The van der Waals surface area contributed by atoms with Crippen molar-refractivity contribution in [2.45, 2.75) is 71.4 Å². The lowest BCUT2D eigenvalue weighted by Crippen LogP contribution is -2.26. The van der Waals surface area contributed by atoms with Crippen molar-refractivity contribution >= 4 is 6.16 Å². The molecule has 0 aliphatic heterocycles. The average molecular weight is 230 g/mol. The van der Waals surface area contributed by atoms with Gasteiger partial charge in [-0.25, -0.2) is 4.79 Å². The summed E-state index contributed by atoms with van der Waals surface area (Å²) in [6.07, 6.45) is 4.33. The van der Waals surface area contributed by atoms with Crippen LogP contribution < -0.4 is 0 Å². The maximum atomic E-state index is 11.4. The second kappa shape index (κ2) is 6.74. The highest BCUT2D eigenvalue weighted by Crippen LogP contribution is 2.20. The van der Waals surface area contributed by atoms with E-state index < -0.39 is 12.4 Å². The minimum Gasteiger partial charge on any atom is -0.431 e. The summed E-state index contributed by atoms with van der Waals surface area (Å²) in [5.41, 5.74) is 0. The standard InChI is InChI=1S/C12H22O4/c1-9(2)14-10(3)15-12(13)16-11-7-5-4-6-8-11/h9-11H,4-8H2,1-3H3. The van der Waals surface area contributed by atoms with E-state index in [0.717, 1.165) is 25.7 Å². The molecule has 0 aromatic carbocycles. The molecule has 0 radical (unpaired) electrons. The molecule has 0 saturated heterocycles. The highest BCUT2D eigenvalue weighted by atomic mass is 16.8. The van der Waals surface area contributed by atoms with Gasteiger partial charge in [-0.15, -0.1) is 0 Å². The van der Waals surface area contributed by atoms with Gasteiger partial charge in [0.2, 0.25) is 6.29 Å². The van der Waals surface area contributed by atoms with Crippen LogP contribution in [0.2, 0.25) is 0 Å². The lowest BCUT2D eigenvalue weighted by Gasteiger charge is -2.23. The Morgan fingerprint density at radius 3 is 2.31 bits per heavy atom. The predicted octanol–water partition coefficient (Wildman–Crippen LogP) is 3.24. The zero-order valence-electron chi connectivity index (χ0n) is 10.4. The molecule has 1 fully saturated rings. The smallest absolute Gasteiger partial charge is 0.431 e. The molecule has 1 saturated carbocycles. The van der Waals surface area contributed by atoms with Crippen molar-refractivity contribution in [3.05, 3.63) is 0 Å². The Morgan fingerprint density at radius 1 is 1.12 bits per heavy atom. The summed E-state index contributed by atoms with van der Waals surface area (Å²) in [6, 6.07) is 0. The molecular weight excluding hydrogens is 208 g/mol. The fourth-order valence-corrected chi connectivity index (χ4v) is 1.89. The highest BCUT2D eigenvalue weighted by molar-refractivity contribution is 5.60. The van der Waals surface area contributed by atoms with Gasteiger partial charge in [-0.1, -0.05) is 6.42 Å². The quantitative estimate of drug-likeness (QED) is 0.549. The molecule has 4 nitrogen and oxygen atoms in total. The molecule has 0 aromatic heterocycles. The molecule has 0 bridgehead atoms. The minimum atomic E-state index is -0.611. The number of rotatable bonds is 4. The number of carbonyl (C=O) groups is 1. The van der Waals surface area contributed by atoms with Gasteiger partial charge in [-0.05, 0) is 46.5 Å². The van der Waals surface area contributed by atoms with Crippen LogP contribution >= 0.6 is 0 Å². The van der Waals surface area contributed by atoms with Crippen molar-refractivity contribution in [3.8, 4) is 0 Å². The van der Waals surface area contributed by atoms with Crippen LogP contribution in [-0.4, -0.2) is 24.7 Å². The predicted molar refractivity (Wildman–Crippen MR) is 60.1 cm³/mol. The second-order valence-electron chi connectivity index (χ2n) is 4.50. The summed E-state index contributed by atoms with van der Waals surface area (Å²) < 4.78 is 15.5. The number of hydrogen-bond acceptors (Lipinski definition) is 4. The Labute approximate surface area is 97.2 Å².